The number of hydrogen-bond donors (Lipinski definition) is 1. The molecule has 3 rings (SSSR count). The highest BCUT2D eigenvalue weighted by molar-refractivity contribution is 5.88. The van der Waals surface area contributed by atoms with Gasteiger partial charge in [0.25, 0.3) is 5.69 Å². The summed E-state index contributed by atoms with van der Waals surface area (Å²) in [5, 5.41) is 14.2. The number of fused-ring (bicyclic) bond motifs is 1. The van der Waals surface area contributed by atoms with Gasteiger partial charge >= 0.3 is 0 Å². The molecule has 0 saturated heterocycles. The van der Waals surface area contributed by atoms with Crippen LogP contribution in [0.15, 0.2) is 30.7 Å². The zero-order valence-electron chi connectivity index (χ0n) is 11.0. The highest BCUT2D eigenvalue weighted by Crippen LogP contribution is 2.34. The van der Waals surface area contributed by atoms with Crippen LogP contribution in [0.4, 0.5) is 11.4 Å². The molecule has 1 aliphatic rings. The third kappa shape index (κ3) is 2.27. The number of non-ortho nitro benzene ring substituents is 1. The van der Waals surface area contributed by atoms with Gasteiger partial charge in [-0.15, -0.1) is 0 Å². The van der Waals surface area contributed by atoms with Gasteiger partial charge < -0.3 is 9.88 Å². The second-order valence-electron chi connectivity index (χ2n) is 4.80. The molecule has 0 amide bonds. The minimum atomic E-state index is -0.368. The predicted molar refractivity (Wildman–Crippen MR) is 77.3 cm³/mol. The van der Waals surface area contributed by atoms with E-state index in [0.29, 0.717) is 0 Å². The first kappa shape index (κ1) is 12.4. The molecule has 1 N–H and O–H groups in total. The summed E-state index contributed by atoms with van der Waals surface area (Å²) in [7, 11) is 1.91. The van der Waals surface area contributed by atoms with E-state index >= 15 is 0 Å². The molecule has 0 saturated carbocycles. The van der Waals surface area contributed by atoms with E-state index in [9.17, 15) is 10.1 Å². The van der Waals surface area contributed by atoms with E-state index in [1.165, 1.54) is 6.07 Å². The van der Waals surface area contributed by atoms with Gasteiger partial charge in [-0.2, -0.15) is 0 Å². The fraction of sp³-hybridized carbons (Fsp3) is 0.214. The summed E-state index contributed by atoms with van der Waals surface area (Å²) in [5.74, 6) is 0. The topological polar surface area (TPSA) is 73.0 Å². The summed E-state index contributed by atoms with van der Waals surface area (Å²) in [5.41, 5.74) is 3.86. The summed E-state index contributed by atoms with van der Waals surface area (Å²) >= 11 is 0. The lowest BCUT2D eigenvalue weighted by atomic mass is 9.96. The Morgan fingerprint density at radius 2 is 2.35 bits per heavy atom. The number of nitrogens with zero attached hydrogens (tertiary/aromatic N) is 3. The lowest BCUT2D eigenvalue weighted by molar-refractivity contribution is -0.384. The number of imidazole rings is 1. The Morgan fingerprint density at radius 3 is 3.05 bits per heavy atom. The molecule has 1 aromatic carbocycles. The van der Waals surface area contributed by atoms with E-state index in [-0.39, 0.29) is 10.6 Å². The summed E-state index contributed by atoms with van der Waals surface area (Å²) in [6.07, 6.45) is 6.47. The number of nitro groups is 1. The number of aromatic nitrogens is 2. The third-order valence-electron chi connectivity index (χ3n) is 3.32. The molecule has 2 aromatic rings. The number of nitro benzene ring substituents is 1. The zero-order valence-corrected chi connectivity index (χ0v) is 11.0. The molecule has 0 radical (unpaired) electrons. The van der Waals surface area contributed by atoms with Gasteiger partial charge in [-0.05, 0) is 24.1 Å². The first-order chi connectivity index (χ1) is 9.63. The van der Waals surface area contributed by atoms with Crippen molar-refractivity contribution in [3.05, 3.63) is 52.1 Å². The molecule has 6 nitrogen and oxygen atoms in total. The largest absolute Gasteiger partial charge is 0.384 e. The van der Waals surface area contributed by atoms with E-state index < -0.39 is 0 Å². The fourth-order valence-corrected chi connectivity index (χ4v) is 2.37. The Labute approximate surface area is 115 Å². The summed E-state index contributed by atoms with van der Waals surface area (Å²) in [6, 6.07) is 4.91. The number of rotatable bonds is 2. The molecule has 0 bridgehead atoms. The van der Waals surface area contributed by atoms with E-state index in [4.69, 9.17) is 0 Å². The van der Waals surface area contributed by atoms with Gasteiger partial charge in [0, 0.05) is 43.2 Å². The van der Waals surface area contributed by atoms with E-state index in [0.717, 1.165) is 35.5 Å². The van der Waals surface area contributed by atoms with Crippen LogP contribution in [0, 0.1) is 10.1 Å². The van der Waals surface area contributed by atoms with Gasteiger partial charge in [-0.25, -0.2) is 4.98 Å². The van der Waals surface area contributed by atoms with Crippen molar-refractivity contribution >= 4 is 23.0 Å². The maximum atomic E-state index is 10.9. The van der Waals surface area contributed by atoms with E-state index in [1.54, 1.807) is 18.5 Å². The van der Waals surface area contributed by atoms with Gasteiger partial charge in [-0.3, -0.25) is 10.1 Å². The third-order valence-corrected chi connectivity index (χ3v) is 3.32. The molecule has 0 atom stereocenters. The Bertz CT molecular complexity index is 703. The van der Waals surface area contributed by atoms with Crippen LogP contribution in [-0.2, 0) is 7.05 Å². The van der Waals surface area contributed by atoms with Crippen LogP contribution in [-0.4, -0.2) is 21.0 Å². The van der Waals surface area contributed by atoms with Crippen LogP contribution in [0.2, 0.25) is 0 Å². The van der Waals surface area contributed by atoms with Crippen LogP contribution in [0.25, 0.3) is 11.6 Å². The molecule has 102 valence electrons. The maximum Gasteiger partial charge on any atom is 0.270 e. The first-order valence-corrected chi connectivity index (χ1v) is 6.35. The van der Waals surface area contributed by atoms with Crippen LogP contribution in [0.5, 0.6) is 0 Å². The molecule has 0 spiro atoms. The number of anilines is 1. The first-order valence-electron chi connectivity index (χ1n) is 6.35. The molecule has 0 unspecified atom stereocenters. The average Bonchev–Trinajstić information content (AvgIpc) is 2.84. The number of aryl methyl sites for hydroxylation is 1. The quantitative estimate of drug-likeness (QED) is 0.672. The standard InChI is InChI=1S/C14H14N4O2/c1-17-8-11(16-9-17)6-10-4-5-15-14-3-2-12(18(19)20)7-13(10)14/h2-3,6-9,15H,4-5H2,1H3/b10-6+. The van der Waals surface area contributed by atoms with Gasteiger partial charge in [0.05, 0.1) is 16.9 Å². The smallest absolute Gasteiger partial charge is 0.270 e. The fourth-order valence-electron chi connectivity index (χ4n) is 2.37. The van der Waals surface area contributed by atoms with Gasteiger partial charge in [0.2, 0.25) is 0 Å². The minimum absolute atomic E-state index is 0.111. The SMILES string of the molecule is Cn1cnc(/C=C2\CCNc3ccc([N+](=O)[O-])cc32)c1. The van der Waals surface area contributed by atoms with Crippen LogP contribution < -0.4 is 5.32 Å². The van der Waals surface area contributed by atoms with Crippen LogP contribution in [0.3, 0.4) is 0 Å². The molecule has 0 aliphatic carbocycles. The Morgan fingerprint density at radius 1 is 1.50 bits per heavy atom. The Hall–Kier alpha value is -2.63. The monoisotopic (exact) mass is 270 g/mol. The Kier molecular flexibility index (Phi) is 2.98. The second kappa shape index (κ2) is 4.80. The van der Waals surface area contributed by atoms with Gasteiger partial charge in [0.1, 0.15) is 0 Å². The van der Waals surface area contributed by atoms with E-state index in [1.807, 2.05) is 23.9 Å². The van der Waals surface area contributed by atoms with Crippen molar-refractivity contribution in [3.8, 4) is 0 Å². The average molecular weight is 270 g/mol. The maximum absolute atomic E-state index is 10.9. The highest BCUT2D eigenvalue weighted by Gasteiger charge is 2.17. The molecule has 1 aromatic heterocycles. The lowest BCUT2D eigenvalue weighted by Gasteiger charge is -2.20. The van der Waals surface area contributed by atoms with Crippen molar-refractivity contribution in [3.63, 3.8) is 0 Å². The minimum Gasteiger partial charge on any atom is -0.384 e. The molecule has 0 fully saturated rings. The number of benzene rings is 1. The van der Waals surface area contributed by atoms with Crippen molar-refractivity contribution in [1.29, 1.82) is 0 Å². The summed E-state index contributed by atoms with van der Waals surface area (Å²) in [4.78, 5) is 14.8. The lowest BCUT2D eigenvalue weighted by Crippen LogP contribution is -2.11. The van der Waals surface area contributed by atoms with E-state index in [2.05, 4.69) is 10.3 Å². The molecular weight excluding hydrogens is 256 g/mol. The molecule has 20 heavy (non-hydrogen) atoms. The molecule has 6 heteroatoms. The number of nitrogens with one attached hydrogen (secondary N) is 1. The predicted octanol–water partition coefficient (Wildman–Crippen LogP) is 2.68. The van der Waals surface area contributed by atoms with Crippen LogP contribution >= 0.6 is 0 Å². The van der Waals surface area contributed by atoms with Crippen molar-refractivity contribution in [2.45, 2.75) is 6.42 Å². The number of hydrogen-bond acceptors (Lipinski definition) is 4. The van der Waals surface area contributed by atoms with Crippen LogP contribution in [0.1, 0.15) is 17.7 Å². The normalized spacial score (nSPS) is 15.8. The zero-order chi connectivity index (χ0) is 14.1. The molecule has 2 heterocycles. The van der Waals surface area contributed by atoms with Crippen molar-refractivity contribution in [1.82, 2.24) is 9.55 Å². The van der Waals surface area contributed by atoms with Crippen molar-refractivity contribution in [2.24, 2.45) is 7.05 Å². The van der Waals surface area contributed by atoms with Crippen molar-refractivity contribution < 1.29 is 4.92 Å². The summed E-state index contributed by atoms with van der Waals surface area (Å²) in [6.45, 7) is 0.823. The second-order valence-corrected chi connectivity index (χ2v) is 4.80. The Balaban J connectivity index is 2.06. The van der Waals surface area contributed by atoms with Crippen molar-refractivity contribution in [2.75, 3.05) is 11.9 Å². The molecular formula is C14H14N4O2. The van der Waals surface area contributed by atoms with Gasteiger partial charge in [0.15, 0.2) is 0 Å². The van der Waals surface area contributed by atoms with Gasteiger partial charge in [-0.1, -0.05) is 0 Å². The summed E-state index contributed by atoms with van der Waals surface area (Å²) < 4.78 is 1.88. The molecule has 1 aliphatic heterocycles. The highest BCUT2D eigenvalue weighted by atomic mass is 16.6.